The lowest BCUT2D eigenvalue weighted by atomic mass is 10.1. The molecule has 1 aromatic heterocycles. The van der Waals surface area contributed by atoms with E-state index in [1.807, 2.05) is 7.05 Å². The fourth-order valence-corrected chi connectivity index (χ4v) is 3.62. The molecular weight excluding hydrogens is 381 g/mol. The van der Waals surface area contributed by atoms with Gasteiger partial charge in [0.05, 0.1) is 15.0 Å². The monoisotopic (exact) mass is 397 g/mol. The first-order valence-electron chi connectivity index (χ1n) is 8.06. The second kappa shape index (κ2) is 7.61. The van der Waals surface area contributed by atoms with Crippen molar-refractivity contribution in [2.75, 3.05) is 20.1 Å². The van der Waals surface area contributed by atoms with Gasteiger partial charge in [-0.25, -0.2) is 4.68 Å². The number of rotatable bonds is 4. The van der Waals surface area contributed by atoms with E-state index in [9.17, 15) is 14.9 Å². The molecule has 0 saturated carbocycles. The summed E-state index contributed by atoms with van der Waals surface area (Å²) in [6.07, 6.45) is 3.35. The molecule has 26 heavy (non-hydrogen) atoms. The highest BCUT2D eigenvalue weighted by Crippen LogP contribution is 2.33. The molecule has 10 heteroatoms. The summed E-state index contributed by atoms with van der Waals surface area (Å²) in [5, 5.41) is 18.5. The van der Waals surface area contributed by atoms with Crippen LogP contribution in [0.2, 0.25) is 10.0 Å². The third-order valence-corrected chi connectivity index (χ3v) is 5.02. The second-order valence-corrected chi connectivity index (χ2v) is 6.83. The molecule has 0 aliphatic carbocycles. The Hall–Kier alpha value is -2.16. The van der Waals surface area contributed by atoms with E-state index in [4.69, 9.17) is 23.2 Å². The van der Waals surface area contributed by atoms with Crippen LogP contribution in [0.5, 0.6) is 0 Å². The molecule has 0 unspecified atom stereocenters. The van der Waals surface area contributed by atoms with Crippen molar-refractivity contribution in [3.05, 3.63) is 50.2 Å². The van der Waals surface area contributed by atoms with Gasteiger partial charge in [-0.15, -0.1) is 0 Å². The Labute approximate surface area is 159 Å². The Kier molecular flexibility index (Phi) is 5.45. The Morgan fingerprint density at radius 3 is 2.46 bits per heavy atom. The molecule has 1 fully saturated rings. The van der Waals surface area contributed by atoms with E-state index in [1.54, 1.807) is 17.2 Å². The van der Waals surface area contributed by atoms with Crippen molar-refractivity contribution in [2.45, 2.75) is 18.9 Å². The van der Waals surface area contributed by atoms with Crippen molar-refractivity contribution in [3.8, 4) is 5.69 Å². The largest absolute Gasteiger partial charge is 0.337 e. The quantitative estimate of drug-likeness (QED) is 0.632. The number of likely N-dealkylation sites (tertiary alicyclic amines) is 1. The fourth-order valence-electron chi connectivity index (χ4n) is 2.97. The predicted molar refractivity (Wildman–Crippen MR) is 98.2 cm³/mol. The van der Waals surface area contributed by atoms with Crippen molar-refractivity contribution >= 4 is 34.8 Å². The van der Waals surface area contributed by atoms with E-state index in [-0.39, 0.29) is 27.3 Å². The highest BCUT2D eigenvalue weighted by Gasteiger charge is 2.25. The van der Waals surface area contributed by atoms with Gasteiger partial charge in [-0.2, -0.15) is 5.10 Å². The van der Waals surface area contributed by atoms with Crippen LogP contribution in [-0.2, 0) is 0 Å². The minimum Gasteiger partial charge on any atom is -0.337 e. The summed E-state index contributed by atoms with van der Waals surface area (Å²) in [7, 11) is 1.92. The number of hydrogen-bond donors (Lipinski definition) is 1. The molecule has 0 spiro atoms. The zero-order valence-electron chi connectivity index (χ0n) is 14.0. The zero-order valence-corrected chi connectivity index (χ0v) is 15.5. The lowest BCUT2D eigenvalue weighted by molar-refractivity contribution is -0.384. The first-order valence-corrected chi connectivity index (χ1v) is 8.82. The van der Waals surface area contributed by atoms with Gasteiger partial charge < -0.3 is 10.2 Å². The average molecular weight is 398 g/mol. The van der Waals surface area contributed by atoms with Gasteiger partial charge in [-0.3, -0.25) is 14.9 Å². The van der Waals surface area contributed by atoms with Gasteiger partial charge in [0.15, 0.2) is 5.69 Å². The van der Waals surface area contributed by atoms with Gasteiger partial charge in [-0.1, -0.05) is 23.2 Å². The van der Waals surface area contributed by atoms with Crippen LogP contribution in [0.3, 0.4) is 0 Å². The van der Waals surface area contributed by atoms with Crippen molar-refractivity contribution in [1.82, 2.24) is 20.0 Å². The summed E-state index contributed by atoms with van der Waals surface area (Å²) in [6, 6.07) is 4.41. The number of benzene rings is 1. The van der Waals surface area contributed by atoms with Gasteiger partial charge in [0.1, 0.15) is 5.69 Å². The molecule has 1 aromatic carbocycles. The molecule has 1 aliphatic heterocycles. The molecule has 2 aromatic rings. The van der Waals surface area contributed by atoms with E-state index in [2.05, 4.69) is 10.4 Å². The van der Waals surface area contributed by atoms with Crippen LogP contribution in [-0.4, -0.2) is 51.7 Å². The molecule has 0 radical (unpaired) electrons. The zero-order chi connectivity index (χ0) is 18.8. The third kappa shape index (κ3) is 3.67. The number of carbonyl (C=O) groups is 1. The van der Waals surface area contributed by atoms with Gasteiger partial charge in [0, 0.05) is 37.5 Å². The van der Waals surface area contributed by atoms with Gasteiger partial charge >= 0.3 is 0 Å². The van der Waals surface area contributed by atoms with E-state index in [1.165, 1.54) is 16.8 Å². The number of non-ortho nitro benzene ring substituents is 1. The molecule has 1 saturated heterocycles. The molecule has 0 atom stereocenters. The van der Waals surface area contributed by atoms with Gasteiger partial charge in [-0.05, 0) is 26.0 Å². The average Bonchev–Trinajstić information content (AvgIpc) is 3.10. The number of nitro groups is 1. The number of hydrogen-bond acceptors (Lipinski definition) is 5. The summed E-state index contributed by atoms with van der Waals surface area (Å²) in [5.74, 6) is -0.160. The third-order valence-electron chi connectivity index (χ3n) is 4.44. The first-order chi connectivity index (χ1) is 12.4. The summed E-state index contributed by atoms with van der Waals surface area (Å²) < 4.78 is 1.36. The minimum atomic E-state index is -0.575. The Morgan fingerprint density at radius 2 is 1.92 bits per heavy atom. The number of nitro benzene ring substituents is 1. The molecule has 1 aliphatic rings. The molecular formula is C16H17Cl2N5O3. The number of carbonyl (C=O) groups excluding carboxylic acids is 1. The summed E-state index contributed by atoms with van der Waals surface area (Å²) in [5.41, 5.74) is 0.366. The summed E-state index contributed by atoms with van der Waals surface area (Å²) in [4.78, 5) is 24.7. The first kappa shape index (κ1) is 18.6. The predicted octanol–water partition coefficient (Wildman–Crippen LogP) is 2.91. The maximum absolute atomic E-state index is 12.6. The number of nitrogens with one attached hydrogen (secondary N) is 1. The number of amides is 1. The SMILES string of the molecule is CNC1CCN(C(=O)c2ccn(-c3c(Cl)cc([N+](=O)[O-])cc3Cl)n2)CC1. The summed E-state index contributed by atoms with van der Waals surface area (Å²) in [6.45, 7) is 1.33. The van der Waals surface area contributed by atoms with Crippen LogP contribution in [0.15, 0.2) is 24.4 Å². The highest BCUT2D eigenvalue weighted by atomic mass is 35.5. The molecule has 8 nitrogen and oxygen atoms in total. The van der Waals surface area contributed by atoms with Crippen molar-refractivity contribution < 1.29 is 9.72 Å². The molecule has 1 amide bonds. The Morgan fingerprint density at radius 1 is 1.31 bits per heavy atom. The normalized spacial score (nSPS) is 15.3. The molecule has 0 bridgehead atoms. The topological polar surface area (TPSA) is 93.3 Å². The van der Waals surface area contributed by atoms with E-state index in [0.717, 1.165) is 12.8 Å². The Bertz CT molecular complexity index is 823. The van der Waals surface area contributed by atoms with Crippen LogP contribution in [0.4, 0.5) is 5.69 Å². The van der Waals surface area contributed by atoms with Crippen LogP contribution >= 0.6 is 23.2 Å². The lowest BCUT2D eigenvalue weighted by Gasteiger charge is -2.31. The van der Waals surface area contributed by atoms with Crippen molar-refractivity contribution in [2.24, 2.45) is 0 Å². The number of aromatic nitrogens is 2. The van der Waals surface area contributed by atoms with Crippen LogP contribution in [0.25, 0.3) is 5.69 Å². The molecule has 2 heterocycles. The molecule has 3 rings (SSSR count). The standard InChI is InChI=1S/C16H17Cl2N5O3/c1-19-10-2-5-21(6-3-10)16(24)14-4-7-22(20-14)15-12(17)8-11(23(25)26)9-13(15)18/h4,7-10,19H,2-3,5-6H2,1H3. The Balaban J connectivity index is 1.82. The maximum atomic E-state index is 12.6. The molecule has 1 N–H and O–H groups in total. The second-order valence-electron chi connectivity index (χ2n) is 6.02. The molecule has 138 valence electrons. The lowest BCUT2D eigenvalue weighted by Crippen LogP contribution is -2.44. The van der Waals surface area contributed by atoms with E-state index in [0.29, 0.717) is 24.8 Å². The van der Waals surface area contributed by atoms with Crippen LogP contribution in [0, 0.1) is 10.1 Å². The fraction of sp³-hybridized carbons (Fsp3) is 0.375. The highest BCUT2D eigenvalue weighted by molar-refractivity contribution is 6.38. The number of halogens is 2. The van der Waals surface area contributed by atoms with E-state index >= 15 is 0 Å². The van der Waals surface area contributed by atoms with Crippen LogP contribution in [0.1, 0.15) is 23.3 Å². The van der Waals surface area contributed by atoms with Gasteiger partial charge in [0.2, 0.25) is 0 Å². The maximum Gasteiger partial charge on any atom is 0.274 e. The van der Waals surface area contributed by atoms with Crippen molar-refractivity contribution in [3.63, 3.8) is 0 Å². The smallest absolute Gasteiger partial charge is 0.274 e. The summed E-state index contributed by atoms with van der Waals surface area (Å²) >= 11 is 12.3. The number of piperidine rings is 1. The van der Waals surface area contributed by atoms with Crippen molar-refractivity contribution in [1.29, 1.82) is 0 Å². The number of nitrogens with zero attached hydrogens (tertiary/aromatic N) is 4. The van der Waals surface area contributed by atoms with Crippen LogP contribution < -0.4 is 5.32 Å². The van der Waals surface area contributed by atoms with E-state index < -0.39 is 4.92 Å². The van der Waals surface area contributed by atoms with Gasteiger partial charge in [0.25, 0.3) is 11.6 Å². The minimum absolute atomic E-state index is 0.0844.